The second-order valence-corrected chi connectivity index (χ2v) is 16.7. The molecule has 0 spiro atoms. The molecular weight excluding hydrogens is 520 g/mol. The molecule has 0 aliphatic carbocycles. The molecule has 0 aromatic rings. The van der Waals surface area contributed by atoms with Gasteiger partial charge < -0.3 is 4.74 Å². The SMILES string of the molecule is C=C(C)C(=O)OCCCCCCCCCCCCCCCCCCCC[SiH2]C(Br)Br. The zero-order chi connectivity index (χ0) is 22.3. The van der Waals surface area contributed by atoms with E-state index in [9.17, 15) is 4.79 Å². The summed E-state index contributed by atoms with van der Waals surface area (Å²) in [7, 11) is 0.0901. The van der Waals surface area contributed by atoms with Gasteiger partial charge in [0.15, 0.2) is 0 Å². The molecule has 0 aliphatic rings. The standard InChI is InChI=1S/C25H48Br2O2Si/c1-23(2)24(28)29-21-19-17-15-13-11-9-7-5-3-4-6-8-10-12-14-16-18-20-22-30-25(26)27/h25H,1,3-22,30H2,2H3. The molecule has 0 rings (SSSR count). The summed E-state index contributed by atoms with van der Waals surface area (Å²) in [6, 6.07) is 1.48. The lowest BCUT2D eigenvalue weighted by Crippen LogP contribution is -2.05. The largest absolute Gasteiger partial charge is 0.462 e. The van der Waals surface area contributed by atoms with Crippen molar-refractivity contribution in [2.24, 2.45) is 0 Å². The predicted octanol–water partition coefficient (Wildman–Crippen LogP) is 8.79. The highest BCUT2D eigenvalue weighted by Crippen LogP contribution is 2.15. The van der Waals surface area contributed by atoms with Gasteiger partial charge in [0.05, 0.1) is 9.97 Å². The molecule has 0 saturated carbocycles. The van der Waals surface area contributed by atoms with Crippen LogP contribution in [0.1, 0.15) is 122 Å². The van der Waals surface area contributed by atoms with E-state index in [1.165, 1.54) is 115 Å². The molecule has 0 N–H and O–H groups in total. The van der Waals surface area contributed by atoms with Gasteiger partial charge in [-0.2, -0.15) is 0 Å². The van der Waals surface area contributed by atoms with E-state index in [-0.39, 0.29) is 15.5 Å². The minimum Gasteiger partial charge on any atom is -0.462 e. The fourth-order valence-corrected chi connectivity index (χ4v) is 6.59. The first-order valence-electron chi connectivity index (χ1n) is 12.6. The Morgan fingerprint density at radius 3 is 1.37 bits per heavy atom. The lowest BCUT2D eigenvalue weighted by Gasteiger charge is -2.05. The van der Waals surface area contributed by atoms with Crippen molar-refractivity contribution in [3.05, 3.63) is 12.2 Å². The number of halogens is 2. The van der Waals surface area contributed by atoms with Crippen molar-refractivity contribution in [2.75, 3.05) is 6.61 Å². The Morgan fingerprint density at radius 1 is 0.700 bits per heavy atom. The second kappa shape index (κ2) is 24.0. The van der Waals surface area contributed by atoms with E-state index >= 15 is 0 Å². The van der Waals surface area contributed by atoms with Crippen molar-refractivity contribution in [2.45, 2.75) is 132 Å². The average molecular weight is 569 g/mol. The van der Waals surface area contributed by atoms with Crippen LogP contribution < -0.4 is 0 Å². The number of hydrogen-bond acceptors (Lipinski definition) is 2. The number of hydrogen-bond donors (Lipinski definition) is 0. The van der Waals surface area contributed by atoms with Gasteiger partial charge in [0.25, 0.3) is 0 Å². The van der Waals surface area contributed by atoms with Gasteiger partial charge in [-0.15, -0.1) is 0 Å². The van der Waals surface area contributed by atoms with E-state index in [0.29, 0.717) is 15.5 Å². The summed E-state index contributed by atoms with van der Waals surface area (Å²) in [5, 5.41) is 0. The van der Waals surface area contributed by atoms with Crippen LogP contribution in [-0.2, 0) is 9.53 Å². The molecule has 0 aromatic carbocycles. The minimum atomic E-state index is -0.253. The van der Waals surface area contributed by atoms with Crippen LogP contribution in [0, 0.1) is 0 Å². The summed E-state index contributed by atoms with van der Waals surface area (Å²) in [5.41, 5.74) is 0.492. The van der Waals surface area contributed by atoms with Gasteiger partial charge in [0.2, 0.25) is 0 Å². The normalized spacial score (nSPS) is 11.6. The summed E-state index contributed by atoms with van der Waals surface area (Å²) in [6.07, 6.45) is 24.8. The van der Waals surface area contributed by atoms with Crippen molar-refractivity contribution in [1.29, 1.82) is 0 Å². The molecule has 0 bridgehead atoms. The minimum absolute atomic E-state index is 0.0901. The quantitative estimate of drug-likeness (QED) is 0.0405. The number of unbranched alkanes of at least 4 members (excludes halogenated alkanes) is 17. The van der Waals surface area contributed by atoms with Crippen molar-refractivity contribution >= 4 is 47.3 Å². The number of rotatable bonds is 23. The highest BCUT2D eigenvalue weighted by Gasteiger charge is 2.02. The van der Waals surface area contributed by atoms with Crippen LogP contribution >= 0.6 is 31.9 Å². The summed E-state index contributed by atoms with van der Waals surface area (Å²) in [5.74, 6) is -0.253. The average Bonchev–Trinajstić information content (AvgIpc) is 2.71. The molecule has 0 radical (unpaired) electrons. The molecule has 0 saturated heterocycles. The maximum Gasteiger partial charge on any atom is 0.333 e. The third-order valence-electron chi connectivity index (χ3n) is 5.65. The van der Waals surface area contributed by atoms with Crippen LogP contribution in [0.25, 0.3) is 0 Å². The third-order valence-corrected chi connectivity index (χ3v) is 9.74. The van der Waals surface area contributed by atoms with Gasteiger partial charge >= 0.3 is 5.97 Å². The lowest BCUT2D eigenvalue weighted by atomic mass is 10.0. The topological polar surface area (TPSA) is 26.3 Å². The summed E-state index contributed by atoms with van der Waals surface area (Å²) < 4.78 is 5.75. The zero-order valence-corrected chi connectivity index (χ0v) is 24.3. The van der Waals surface area contributed by atoms with E-state index < -0.39 is 0 Å². The van der Waals surface area contributed by atoms with Crippen LogP contribution in [0.4, 0.5) is 0 Å². The van der Waals surface area contributed by atoms with Crippen LogP contribution in [0.3, 0.4) is 0 Å². The van der Waals surface area contributed by atoms with Gasteiger partial charge in [-0.05, 0) is 13.3 Å². The maximum absolute atomic E-state index is 11.2. The Kier molecular flexibility index (Phi) is 24.3. The van der Waals surface area contributed by atoms with E-state index in [4.69, 9.17) is 4.74 Å². The monoisotopic (exact) mass is 566 g/mol. The second-order valence-electron chi connectivity index (χ2n) is 8.81. The Balaban J connectivity index is 3.07. The van der Waals surface area contributed by atoms with Gasteiger partial charge in [-0.25, -0.2) is 4.79 Å². The molecule has 5 heteroatoms. The smallest absolute Gasteiger partial charge is 0.333 e. The first kappa shape index (κ1) is 30.4. The summed E-state index contributed by atoms with van der Waals surface area (Å²) in [4.78, 5) is 11.2. The highest BCUT2D eigenvalue weighted by atomic mass is 79.9. The molecule has 0 unspecified atom stereocenters. The van der Waals surface area contributed by atoms with Crippen molar-refractivity contribution in [3.8, 4) is 0 Å². The molecular formula is C25H48Br2O2Si. The Hall–Kier alpha value is 0.387. The molecule has 2 nitrogen and oxygen atoms in total. The van der Waals surface area contributed by atoms with Crippen molar-refractivity contribution in [1.82, 2.24) is 0 Å². The lowest BCUT2D eigenvalue weighted by molar-refractivity contribution is -0.139. The summed E-state index contributed by atoms with van der Waals surface area (Å²) in [6.45, 7) is 5.83. The first-order chi connectivity index (χ1) is 14.5. The third kappa shape index (κ3) is 24.7. The number of esters is 1. The molecule has 178 valence electrons. The van der Waals surface area contributed by atoms with Crippen LogP contribution in [0.5, 0.6) is 0 Å². The van der Waals surface area contributed by atoms with E-state index in [0.717, 1.165) is 6.42 Å². The van der Waals surface area contributed by atoms with Crippen molar-refractivity contribution in [3.63, 3.8) is 0 Å². The Bertz CT molecular complexity index is 403. The van der Waals surface area contributed by atoms with Crippen LogP contribution in [0.2, 0.25) is 6.04 Å². The number of carbonyl (C=O) groups is 1. The van der Waals surface area contributed by atoms with Crippen LogP contribution in [0.15, 0.2) is 12.2 Å². The Morgan fingerprint density at radius 2 is 1.03 bits per heavy atom. The summed E-state index contributed by atoms with van der Waals surface area (Å²) >= 11 is 7.21. The van der Waals surface area contributed by atoms with Gasteiger partial charge in [0, 0.05) is 15.1 Å². The van der Waals surface area contributed by atoms with Gasteiger partial charge in [-0.1, -0.05) is 154 Å². The predicted molar refractivity (Wildman–Crippen MR) is 144 cm³/mol. The maximum atomic E-state index is 11.2. The van der Waals surface area contributed by atoms with E-state index in [1.807, 2.05) is 0 Å². The molecule has 0 aromatic heterocycles. The molecule has 0 atom stereocenters. The first-order valence-corrected chi connectivity index (χ1v) is 16.3. The van der Waals surface area contributed by atoms with Crippen LogP contribution in [-0.4, -0.2) is 25.5 Å². The van der Waals surface area contributed by atoms with Gasteiger partial charge in [-0.3, -0.25) is 0 Å². The number of carbonyl (C=O) groups excluding carboxylic acids is 1. The number of ether oxygens (including phenoxy) is 1. The van der Waals surface area contributed by atoms with E-state index in [1.54, 1.807) is 6.92 Å². The molecule has 0 heterocycles. The zero-order valence-electron chi connectivity index (χ0n) is 19.7. The molecule has 0 fully saturated rings. The fourth-order valence-electron chi connectivity index (χ4n) is 3.69. The van der Waals surface area contributed by atoms with Crippen molar-refractivity contribution < 1.29 is 9.53 Å². The molecule has 0 amide bonds. The molecule has 0 aliphatic heterocycles. The van der Waals surface area contributed by atoms with E-state index in [2.05, 4.69) is 38.4 Å². The fraction of sp³-hybridized carbons (Fsp3) is 0.880. The molecule has 30 heavy (non-hydrogen) atoms. The number of alkyl halides is 2. The van der Waals surface area contributed by atoms with Gasteiger partial charge in [0.1, 0.15) is 0 Å². The Labute approximate surface area is 206 Å². The highest BCUT2D eigenvalue weighted by molar-refractivity contribution is 9.25.